The summed E-state index contributed by atoms with van der Waals surface area (Å²) >= 11 is 16.1. The van der Waals surface area contributed by atoms with Crippen molar-refractivity contribution < 1.29 is 4.74 Å². The predicted octanol–water partition coefficient (Wildman–Crippen LogP) is 4.33. The first-order valence-electron chi connectivity index (χ1n) is 4.64. The Morgan fingerprint density at radius 2 is 2.00 bits per heavy atom. The molecule has 0 aliphatic rings. The van der Waals surface area contributed by atoms with Crippen molar-refractivity contribution in [3.05, 3.63) is 28.2 Å². The minimum absolute atomic E-state index is 0.0226. The van der Waals surface area contributed by atoms with E-state index in [4.69, 9.17) is 27.9 Å². The van der Waals surface area contributed by atoms with Crippen molar-refractivity contribution in [3.8, 4) is 5.75 Å². The zero-order chi connectivity index (χ0) is 11.5. The van der Waals surface area contributed by atoms with E-state index in [1.165, 1.54) is 0 Å². The average molecular weight is 265 g/mol. The molecule has 0 radical (unpaired) electrons. The lowest BCUT2D eigenvalue weighted by atomic mass is 9.98. The zero-order valence-electron chi connectivity index (χ0n) is 8.76. The monoisotopic (exact) mass is 264 g/mol. The molecule has 0 aliphatic heterocycles. The average Bonchev–Trinajstić information content (AvgIpc) is 2.20. The second kappa shape index (κ2) is 5.33. The molecule has 0 N–H and O–H groups in total. The Morgan fingerprint density at radius 1 is 1.33 bits per heavy atom. The predicted molar refractivity (Wildman–Crippen MR) is 69.6 cm³/mol. The molecule has 0 amide bonds. The molecule has 0 unspecified atom stereocenters. The molecule has 15 heavy (non-hydrogen) atoms. The molecule has 0 saturated carbocycles. The number of hydrogen-bond donors (Lipinski definition) is 1. The van der Waals surface area contributed by atoms with E-state index in [-0.39, 0.29) is 5.41 Å². The van der Waals surface area contributed by atoms with Crippen LogP contribution >= 0.6 is 35.8 Å². The van der Waals surface area contributed by atoms with Crippen molar-refractivity contribution in [2.24, 2.45) is 5.41 Å². The maximum atomic E-state index is 5.99. The van der Waals surface area contributed by atoms with Crippen LogP contribution in [0.4, 0.5) is 0 Å². The summed E-state index contributed by atoms with van der Waals surface area (Å²) in [7, 11) is 0. The normalized spacial score (nSPS) is 11.5. The zero-order valence-corrected chi connectivity index (χ0v) is 11.2. The minimum Gasteiger partial charge on any atom is -0.491 e. The fourth-order valence-electron chi connectivity index (χ4n) is 0.914. The number of rotatable bonds is 4. The van der Waals surface area contributed by atoms with Crippen LogP contribution in [0.5, 0.6) is 5.75 Å². The molecule has 84 valence electrons. The third kappa shape index (κ3) is 3.78. The number of thiol groups is 1. The van der Waals surface area contributed by atoms with Crippen molar-refractivity contribution in [2.45, 2.75) is 13.8 Å². The van der Waals surface area contributed by atoms with Gasteiger partial charge in [0.15, 0.2) is 0 Å². The fraction of sp³-hybridized carbons (Fsp3) is 0.455. The molecule has 4 heteroatoms. The van der Waals surface area contributed by atoms with Gasteiger partial charge in [0, 0.05) is 5.41 Å². The first-order chi connectivity index (χ1) is 6.96. The topological polar surface area (TPSA) is 9.23 Å². The highest BCUT2D eigenvalue weighted by atomic mass is 35.5. The van der Waals surface area contributed by atoms with E-state index in [9.17, 15) is 0 Å². The summed E-state index contributed by atoms with van der Waals surface area (Å²) in [5.74, 6) is 1.38. The summed E-state index contributed by atoms with van der Waals surface area (Å²) in [6.07, 6.45) is 0. The molecule has 0 aromatic heterocycles. The number of benzene rings is 1. The molecular weight excluding hydrogens is 251 g/mol. The molecule has 1 rings (SSSR count). The molecule has 0 heterocycles. The van der Waals surface area contributed by atoms with Gasteiger partial charge in [-0.1, -0.05) is 43.1 Å². The second-order valence-electron chi connectivity index (χ2n) is 4.16. The number of ether oxygens (including phenoxy) is 1. The molecule has 1 aromatic carbocycles. The highest BCUT2D eigenvalue weighted by Gasteiger charge is 2.17. The van der Waals surface area contributed by atoms with Gasteiger partial charge in [-0.05, 0) is 17.9 Å². The SMILES string of the molecule is CC(C)(CS)COc1cccc(Cl)c1Cl. The van der Waals surface area contributed by atoms with E-state index in [0.717, 1.165) is 5.75 Å². The summed E-state index contributed by atoms with van der Waals surface area (Å²) < 4.78 is 5.61. The maximum Gasteiger partial charge on any atom is 0.139 e. The van der Waals surface area contributed by atoms with Crippen LogP contribution in [-0.2, 0) is 0 Å². The summed E-state index contributed by atoms with van der Waals surface area (Å²) in [6, 6.07) is 5.36. The molecule has 0 aliphatic carbocycles. The van der Waals surface area contributed by atoms with Crippen LogP contribution in [0.1, 0.15) is 13.8 Å². The lowest BCUT2D eigenvalue weighted by Crippen LogP contribution is -2.23. The Morgan fingerprint density at radius 3 is 2.60 bits per heavy atom. The van der Waals surface area contributed by atoms with Gasteiger partial charge in [-0.15, -0.1) is 0 Å². The summed E-state index contributed by atoms with van der Waals surface area (Å²) in [6.45, 7) is 4.73. The van der Waals surface area contributed by atoms with Crippen molar-refractivity contribution in [1.29, 1.82) is 0 Å². The third-order valence-electron chi connectivity index (χ3n) is 1.96. The van der Waals surface area contributed by atoms with Crippen molar-refractivity contribution in [3.63, 3.8) is 0 Å². The highest BCUT2D eigenvalue weighted by molar-refractivity contribution is 7.80. The molecule has 1 nitrogen and oxygen atoms in total. The van der Waals surface area contributed by atoms with Gasteiger partial charge in [0.2, 0.25) is 0 Å². The van der Waals surface area contributed by atoms with Gasteiger partial charge in [0.05, 0.1) is 11.6 Å². The lowest BCUT2D eigenvalue weighted by molar-refractivity contribution is 0.202. The van der Waals surface area contributed by atoms with Gasteiger partial charge in [0.25, 0.3) is 0 Å². The first-order valence-corrected chi connectivity index (χ1v) is 6.03. The smallest absolute Gasteiger partial charge is 0.139 e. The van der Waals surface area contributed by atoms with E-state index in [2.05, 4.69) is 26.5 Å². The summed E-state index contributed by atoms with van der Waals surface area (Å²) in [5, 5.41) is 0.979. The van der Waals surface area contributed by atoms with Crippen LogP contribution in [0.3, 0.4) is 0 Å². The Labute approximate surface area is 106 Å². The Balaban J connectivity index is 2.70. The minimum atomic E-state index is 0.0226. The molecule has 0 atom stereocenters. The van der Waals surface area contributed by atoms with Gasteiger partial charge < -0.3 is 4.74 Å². The largest absolute Gasteiger partial charge is 0.491 e. The first kappa shape index (κ1) is 13.0. The Bertz CT molecular complexity index is 339. The summed E-state index contributed by atoms with van der Waals surface area (Å²) in [5.41, 5.74) is 0.0226. The van der Waals surface area contributed by atoms with E-state index in [1.54, 1.807) is 6.07 Å². The van der Waals surface area contributed by atoms with Gasteiger partial charge in [-0.2, -0.15) is 12.6 Å². The number of hydrogen-bond acceptors (Lipinski definition) is 2. The summed E-state index contributed by atoms with van der Waals surface area (Å²) in [4.78, 5) is 0. The van der Waals surface area contributed by atoms with Crippen LogP contribution in [0, 0.1) is 5.41 Å². The van der Waals surface area contributed by atoms with Gasteiger partial charge in [0.1, 0.15) is 10.8 Å². The highest BCUT2D eigenvalue weighted by Crippen LogP contribution is 2.32. The molecular formula is C11H14Cl2OS. The standard InChI is InChI=1S/C11H14Cl2OS/c1-11(2,7-15)6-14-9-5-3-4-8(12)10(9)13/h3-5,15H,6-7H2,1-2H3. The van der Waals surface area contributed by atoms with Crippen molar-refractivity contribution in [1.82, 2.24) is 0 Å². The number of halogens is 2. The van der Waals surface area contributed by atoms with E-state index < -0.39 is 0 Å². The quantitative estimate of drug-likeness (QED) is 0.797. The van der Waals surface area contributed by atoms with Gasteiger partial charge in [-0.3, -0.25) is 0 Å². The molecule has 0 spiro atoms. The van der Waals surface area contributed by atoms with Gasteiger partial charge >= 0.3 is 0 Å². The van der Waals surface area contributed by atoms with Crippen LogP contribution in [0.15, 0.2) is 18.2 Å². The van der Waals surface area contributed by atoms with E-state index >= 15 is 0 Å². The van der Waals surface area contributed by atoms with E-state index in [0.29, 0.717) is 22.4 Å². The third-order valence-corrected chi connectivity index (χ3v) is 3.62. The van der Waals surface area contributed by atoms with Crippen LogP contribution in [0.2, 0.25) is 10.0 Å². The second-order valence-corrected chi connectivity index (χ2v) is 5.26. The molecule has 1 aromatic rings. The van der Waals surface area contributed by atoms with E-state index in [1.807, 2.05) is 12.1 Å². The molecule has 0 bridgehead atoms. The molecule has 0 saturated heterocycles. The molecule has 0 fully saturated rings. The fourth-order valence-corrected chi connectivity index (χ4v) is 1.35. The van der Waals surface area contributed by atoms with Crippen molar-refractivity contribution >= 4 is 35.8 Å². The van der Waals surface area contributed by atoms with Crippen LogP contribution in [0.25, 0.3) is 0 Å². The van der Waals surface area contributed by atoms with Gasteiger partial charge in [-0.25, -0.2) is 0 Å². The lowest BCUT2D eigenvalue weighted by Gasteiger charge is -2.22. The maximum absolute atomic E-state index is 5.99. The van der Waals surface area contributed by atoms with Crippen LogP contribution < -0.4 is 4.74 Å². The van der Waals surface area contributed by atoms with Crippen LogP contribution in [-0.4, -0.2) is 12.4 Å². The van der Waals surface area contributed by atoms with Crippen molar-refractivity contribution in [2.75, 3.05) is 12.4 Å². The Hall–Kier alpha value is -0.0500. The Kier molecular flexibility index (Phi) is 4.63.